The second kappa shape index (κ2) is 44.4. The smallest absolute Gasteiger partial charge is 0.307 e. The maximum Gasteiger partial charge on any atom is 0.307 e. The van der Waals surface area contributed by atoms with Gasteiger partial charge in [0.2, 0.25) is 20.9 Å². The van der Waals surface area contributed by atoms with Crippen LogP contribution in [-0.4, -0.2) is 191 Å². The number of nitrogen functional groups attached to an aromatic ring is 1. The van der Waals surface area contributed by atoms with Crippen molar-refractivity contribution in [3.8, 4) is 12.1 Å². The topological polar surface area (TPSA) is 620 Å². The lowest BCUT2D eigenvalue weighted by atomic mass is 9.93. The highest BCUT2D eigenvalue weighted by Gasteiger charge is 2.30. The number of hydrogen-bond acceptors (Lipinski definition) is 33. The zero-order chi connectivity index (χ0) is 89.4. The summed E-state index contributed by atoms with van der Waals surface area (Å²) in [7, 11) is -6.92. The Morgan fingerprint density at radius 1 is 0.476 bits per heavy atom. The van der Waals surface area contributed by atoms with E-state index in [2.05, 4.69) is 55.8 Å². The minimum absolute atomic E-state index is 0.00639. The number of nitrogens with one attached hydrogen (secondary N) is 2. The van der Waals surface area contributed by atoms with E-state index in [9.17, 15) is 91.7 Å². The van der Waals surface area contributed by atoms with Crippen LogP contribution in [0.15, 0.2) is 101 Å². The van der Waals surface area contributed by atoms with Crippen LogP contribution in [-0.2, 0) is 38.5 Å². The number of aliphatic hydroxyl groups excluding tert-OH is 4. The van der Waals surface area contributed by atoms with Gasteiger partial charge in [0.05, 0.1) is 106 Å². The van der Waals surface area contributed by atoms with Crippen molar-refractivity contribution < 1.29 is 70.6 Å². The van der Waals surface area contributed by atoms with Gasteiger partial charge >= 0.3 is 17.1 Å². The molecule has 43 nitrogen and oxygen atoms in total. The number of anilines is 3. The van der Waals surface area contributed by atoms with E-state index in [4.69, 9.17) is 20.3 Å². The van der Waals surface area contributed by atoms with Crippen LogP contribution in [0.5, 0.6) is 0 Å². The zero-order valence-corrected chi connectivity index (χ0v) is 70.4. The molecule has 0 unspecified atom stereocenters. The Labute approximate surface area is 711 Å². The Hall–Kier alpha value is -11.9. The highest BCUT2D eigenvalue weighted by atomic mass is 32.2. The first-order valence-electron chi connectivity index (χ1n) is 41.3. The van der Waals surface area contributed by atoms with Crippen LogP contribution in [0.2, 0.25) is 0 Å². The molecular formula is C79H103N23O20S2. The van der Waals surface area contributed by atoms with Crippen molar-refractivity contribution in [2.24, 2.45) is 0 Å². The van der Waals surface area contributed by atoms with Crippen molar-refractivity contribution in [1.29, 1.82) is 10.5 Å². The van der Waals surface area contributed by atoms with E-state index in [0.717, 1.165) is 166 Å². The molecule has 666 valence electrons. The lowest BCUT2D eigenvalue weighted by Crippen LogP contribution is -2.27. The number of Topliss-reactive ketones (excluding diaryl/α,β-unsaturated/α-hetero) is 3. The summed E-state index contributed by atoms with van der Waals surface area (Å²) in [5.41, 5.74) is 7.39. The van der Waals surface area contributed by atoms with Crippen LogP contribution < -0.4 is 22.2 Å². The predicted molar refractivity (Wildman–Crippen MR) is 446 cm³/mol. The fraction of sp³-hybridized carbons (Fsp3) is 0.570. The van der Waals surface area contributed by atoms with Crippen LogP contribution in [0.25, 0.3) is 22.1 Å². The average Bonchev–Trinajstić information content (AvgIpc) is 1.26. The molecule has 0 atom stereocenters. The van der Waals surface area contributed by atoms with E-state index in [1.54, 1.807) is 38.6 Å². The number of aliphatic hydroxyl groups is 4. The molecule has 8 aliphatic carbocycles. The fourth-order valence-corrected chi connectivity index (χ4v) is 17.0. The number of nitrogens with zero attached hydrogens (tertiary/aromatic N) is 20. The normalized spacial score (nSPS) is 20.9. The molecule has 0 radical (unpaired) electrons. The highest BCUT2D eigenvalue weighted by Crippen LogP contribution is 2.36. The van der Waals surface area contributed by atoms with E-state index in [1.165, 1.54) is 47.8 Å². The van der Waals surface area contributed by atoms with E-state index in [0.29, 0.717) is 104 Å². The zero-order valence-electron chi connectivity index (χ0n) is 68.7. The molecule has 8 N–H and O–H groups in total. The van der Waals surface area contributed by atoms with Gasteiger partial charge in [0, 0.05) is 92.4 Å². The number of aromatic nitrogens is 16. The predicted octanol–water partition coefficient (Wildman–Crippen LogP) is 9.34. The summed E-state index contributed by atoms with van der Waals surface area (Å²) in [5, 5.41) is 113. The molecule has 9 aromatic rings. The first-order chi connectivity index (χ1) is 59.2. The Kier molecular flexibility index (Phi) is 33.8. The number of H-pyrrole nitrogens is 1. The molecule has 0 spiro atoms. The number of nitro groups is 3. The number of aromatic amines is 1. The monoisotopic (exact) mass is 1760 g/mol. The molecule has 17 rings (SSSR count). The average molecular weight is 1760 g/mol. The Morgan fingerprint density at radius 3 is 1.24 bits per heavy atom. The number of ketones is 3. The molecule has 124 heavy (non-hydrogen) atoms. The van der Waals surface area contributed by atoms with E-state index >= 15 is 0 Å². The number of pyridine rings is 2. The molecular weight excluding hydrogens is 1660 g/mol. The number of carbonyl (C=O) groups is 3. The minimum atomic E-state index is -3.57. The Balaban J connectivity index is 0.000000154. The van der Waals surface area contributed by atoms with Gasteiger partial charge in [0.25, 0.3) is 21.2 Å². The summed E-state index contributed by atoms with van der Waals surface area (Å²) >= 11 is 0. The molecule has 0 aliphatic heterocycles. The summed E-state index contributed by atoms with van der Waals surface area (Å²) in [4.78, 5) is 104. The van der Waals surface area contributed by atoms with Crippen LogP contribution in [0.4, 0.5) is 34.4 Å². The van der Waals surface area contributed by atoms with E-state index in [1.807, 2.05) is 33.9 Å². The highest BCUT2D eigenvalue weighted by molar-refractivity contribution is 7.90. The van der Waals surface area contributed by atoms with Crippen molar-refractivity contribution in [3.63, 3.8) is 0 Å². The number of carbonyl (C=O) groups excluding carboxylic acids is 3. The lowest BCUT2D eigenvalue weighted by Gasteiger charge is -2.25. The number of hydrogen-bond donors (Lipinski definition) is 7. The van der Waals surface area contributed by atoms with Crippen LogP contribution in [0.1, 0.15) is 253 Å². The molecule has 9 heterocycles. The van der Waals surface area contributed by atoms with Crippen LogP contribution in [0.3, 0.4) is 0 Å². The third kappa shape index (κ3) is 27.6. The number of nitrogens with two attached hydrogens (primary N) is 1. The second-order valence-electron chi connectivity index (χ2n) is 31.9. The Morgan fingerprint density at radius 2 is 0.863 bits per heavy atom. The minimum Gasteiger partial charge on any atom is -0.396 e. The first kappa shape index (κ1) is 94.4. The van der Waals surface area contributed by atoms with Gasteiger partial charge in [-0.2, -0.15) is 54.4 Å². The van der Waals surface area contributed by atoms with Gasteiger partial charge in [-0.3, -0.25) is 91.5 Å². The molecule has 8 fully saturated rings. The van der Waals surface area contributed by atoms with Crippen molar-refractivity contribution in [3.05, 3.63) is 149 Å². The van der Waals surface area contributed by atoms with Gasteiger partial charge in [-0.1, -0.05) is 25.7 Å². The van der Waals surface area contributed by atoms with E-state index in [-0.39, 0.29) is 117 Å². The number of rotatable bonds is 14. The summed E-state index contributed by atoms with van der Waals surface area (Å²) in [6, 6.07) is 7.95. The standard InChI is InChI=1S/C22H25N7O2.C14H14N4O3S.C9H13N3O3.C9H11N3O3.C9H15N3O.C7H12O4S.C6H10O2.C3H3N3O2/c23-10-14-9-15-11-24-22(27-20(15)29(21(14)31)18-3-1-2-4-18)26-16-12-25-28(13-16)17-5-7-19(30)8-6-17;1-22(20,21)14-16-8-10-6-9(7-15)13(19)18(12(10)17-14)11-4-2-3-5-11;2*13-9-3-1-7(2-4-9)11-6-8(5-10-11)12(14)15;10-7-5-11-12(6-7)8-1-3-9(13)4-2-8;1-12(9,10)11-7-4-2-6(8)3-5-7;7-5-1-2-6(8)4-3-5;7-6(8)3-1-4-5-2-3/h9,11-13,17-19,30H,1-8H2,(H,24,26,27);6,8,11H,2-5H2,1H3;5-7,9,13H,1-4H2;5-7H,1-4H2;5-6,8-9,13H,1-4,10H2;7H,2-5H2,1H3;5,7H,1-4H2;1-2H,(H,4,5). The number of nitriles is 2. The van der Waals surface area contributed by atoms with Crippen LogP contribution >= 0.6 is 0 Å². The molecule has 45 heteroatoms. The van der Waals surface area contributed by atoms with Gasteiger partial charge in [-0.25, -0.2) is 18.4 Å². The molecule has 0 aromatic carbocycles. The SMILES string of the molecule is CS(=O)(=O)OC1CCC(=O)CC1.CS(=O)(=O)c1ncc2cc(C#N)c(=O)n(C3CCCC3)c2n1.N#Cc1cc2cnc(Nc3cnn(C4CCC(O)CC4)c3)nc2n(C2CCCC2)c1=O.Nc1cnn(C2CCC(O)CC2)c1.O=C1CCC(O)CC1.O=C1CCC(n2cc([N+](=O)[O-])cn2)CC1.O=[N+]([O-])c1cn[nH]c1.O=[N+]([O-])c1cnn(C2CCC(O)CC2)c1. The summed E-state index contributed by atoms with van der Waals surface area (Å²) in [6.07, 6.45) is 44.1. The quantitative estimate of drug-likeness (QED) is 0.0230. The summed E-state index contributed by atoms with van der Waals surface area (Å²) in [6.45, 7) is 0. The molecule has 9 aromatic heterocycles. The number of fused-ring (bicyclic) bond motifs is 2. The third-order valence-corrected chi connectivity index (χ3v) is 24.1. The van der Waals surface area contributed by atoms with Gasteiger partial charge < -0.3 is 31.5 Å². The van der Waals surface area contributed by atoms with Crippen LogP contribution in [0, 0.1) is 53.0 Å². The molecule has 8 saturated carbocycles. The Bertz CT molecular complexity index is 5570. The molecule has 0 saturated heterocycles. The van der Waals surface area contributed by atoms with Crippen molar-refractivity contribution in [2.45, 2.75) is 277 Å². The fourth-order valence-electron chi connectivity index (χ4n) is 15.8. The van der Waals surface area contributed by atoms with E-state index < -0.39 is 40.3 Å². The second-order valence-corrected chi connectivity index (χ2v) is 35.4. The summed E-state index contributed by atoms with van der Waals surface area (Å²) < 4.78 is 59.6. The molecule has 8 aliphatic rings. The number of sulfone groups is 1. The molecule has 0 bridgehead atoms. The van der Waals surface area contributed by atoms with Crippen molar-refractivity contribution >= 4 is 93.8 Å². The van der Waals surface area contributed by atoms with Crippen molar-refractivity contribution in [1.82, 2.24) is 78.4 Å². The molecule has 0 amide bonds. The van der Waals surface area contributed by atoms with Crippen molar-refractivity contribution in [2.75, 3.05) is 23.6 Å². The van der Waals surface area contributed by atoms with Gasteiger partial charge in [0.15, 0.2) is 0 Å². The van der Waals surface area contributed by atoms with Gasteiger partial charge in [-0.15, -0.1) is 0 Å². The maximum atomic E-state index is 12.9. The largest absolute Gasteiger partial charge is 0.396 e. The third-order valence-electron chi connectivity index (χ3n) is 22.6. The summed E-state index contributed by atoms with van der Waals surface area (Å²) in [5.74, 6) is 1.16. The van der Waals surface area contributed by atoms with Gasteiger partial charge in [-0.05, 0) is 153 Å². The first-order valence-corrected chi connectivity index (χ1v) is 45.0. The lowest BCUT2D eigenvalue weighted by molar-refractivity contribution is -0.385. The maximum absolute atomic E-state index is 12.9. The van der Waals surface area contributed by atoms with Gasteiger partial charge in [0.1, 0.15) is 82.9 Å².